The average molecular weight is 311 g/mol. The van der Waals surface area contributed by atoms with E-state index >= 15 is 0 Å². The van der Waals surface area contributed by atoms with Crippen LogP contribution < -0.4 is 4.74 Å². The molecule has 20 heavy (non-hydrogen) atoms. The molecule has 1 fully saturated rings. The van der Waals surface area contributed by atoms with Crippen LogP contribution in [-0.4, -0.2) is 16.1 Å². The number of fused-ring (bicyclic) bond motifs is 1. The van der Waals surface area contributed by atoms with Gasteiger partial charge in [0.2, 0.25) is 11.2 Å². The van der Waals surface area contributed by atoms with Crippen molar-refractivity contribution in [2.45, 2.75) is 52.6 Å². The molecule has 2 aromatic heterocycles. The van der Waals surface area contributed by atoms with Crippen molar-refractivity contribution in [3.8, 4) is 5.88 Å². The maximum absolute atomic E-state index is 6.13. The Kier molecular flexibility index (Phi) is 3.63. The first kappa shape index (κ1) is 14.1. The lowest BCUT2D eigenvalue weighted by molar-refractivity contribution is 0.0962. The zero-order chi connectivity index (χ0) is 14.3. The zero-order valence-corrected chi connectivity index (χ0v) is 13.6. The number of ether oxygens (including phenoxy) is 1. The predicted octanol–water partition coefficient (Wildman–Crippen LogP) is 5.00. The summed E-state index contributed by atoms with van der Waals surface area (Å²) in [5.41, 5.74) is 0.442. The molecule has 0 radical (unpaired) electrons. The number of hydrogen-bond acceptors (Lipinski definition) is 4. The van der Waals surface area contributed by atoms with E-state index in [1.165, 1.54) is 17.7 Å². The summed E-state index contributed by atoms with van der Waals surface area (Å²) in [5.74, 6) is 0.647. The lowest BCUT2D eigenvalue weighted by Crippen LogP contribution is -2.28. The van der Waals surface area contributed by atoms with Gasteiger partial charge in [-0.05, 0) is 55.7 Å². The molecule has 1 aliphatic carbocycles. The van der Waals surface area contributed by atoms with Crippen LogP contribution in [0.25, 0.3) is 10.2 Å². The Morgan fingerprint density at radius 3 is 2.70 bits per heavy atom. The molecule has 2 heterocycles. The second-order valence-corrected chi connectivity index (χ2v) is 7.93. The molecule has 1 saturated carbocycles. The first-order valence-electron chi connectivity index (χ1n) is 7.03. The van der Waals surface area contributed by atoms with Gasteiger partial charge < -0.3 is 4.74 Å². The van der Waals surface area contributed by atoms with E-state index in [0.717, 1.165) is 23.1 Å². The fourth-order valence-corrected chi connectivity index (χ4v) is 3.81. The van der Waals surface area contributed by atoms with Crippen LogP contribution in [0.2, 0.25) is 5.28 Å². The van der Waals surface area contributed by atoms with E-state index in [0.29, 0.717) is 11.3 Å². The summed E-state index contributed by atoms with van der Waals surface area (Å²) in [6, 6.07) is 2.08. The zero-order valence-electron chi connectivity index (χ0n) is 12.1. The maximum atomic E-state index is 6.13. The predicted molar refractivity (Wildman–Crippen MR) is 83.8 cm³/mol. The van der Waals surface area contributed by atoms with Crippen LogP contribution in [0, 0.1) is 12.3 Å². The van der Waals surface area contributed by atoms with Gasteiger partial charge in [-0.1, -0.05) is 13.8 Å². The number of aromatic nitrogens is 2. The quantitative estimate of drug-likeness (QED) is 0.732. The molecule has 0 atom stereocenters. The van der Waals surface area contributed by atoms with E-state index < -0.39 is 0 Å². The lowest BCUT2D eigenvalue weighted by Gasteiger charge is -2.34. The average Bonchev–Trinajstić information content (AvgIpc) is 2.72. The second-order valence-electron chi connectivity index (χ2n) is 6.36. The van der Waals surface area contributed by atoms with Crippen molar-refractivity contribution in [3.63, 3.8) is 0 Å². The van der Waals surface area contributed by atoms with Crippen LogP contribution in [-0.2, 0) is 0 Å². The minimum atomic E-state index is 0.248. The minimum absolute atomic E-state index is 0.248. The van der Waals surface area contributed by atoms with Crippen molar-refractivity contribution >= 4 is 33.2 Å². The second kappa shape index (κ2) is 5.15. The molecule has 3 rings (SSSR count). The number of rotatable bonds is 2. The Bertz CT molecular complexity index is 628. The molecule has 0 saturated heterocycles. The standard InChI is InChI=1S/C15H19ClN2OS/c1-9-8-11-12(17-14(16)18-13(11)20-9)19-10-4-6-15(2,3)7-5-10/h8,10H,4-7H2,1-3H3. The van der Waals surface area contributed by atoms with E-state index in [2.05, 4.69) is 36.8 Å². The highest BCUT2D eigenvalue weighted by molar-refractivity contribution is 7.18. The first-order chi connectivity index (χ1) is 9.43. The van der Waals surface area contributed by atoms with Crippen LogP contribution in [0.5, 0.6) is 5.88 Å². The summed E-state index contributed by atoms with van der Waals surface area (Å²) in [7, 11) is 0. The smallest absolute Gasteiger partial charge is 0.227 e. The van der Waals surface area contributed by atoms with Gasteiger partial charge in [-0.2, -0.15) is 4.98 Å². The first-order valence-corrected chi connectivity index (χ1v) is 8.23. The fraction of sp³-hybridized carbons (Fsp3) is 0.600. The van der Waals surface area contributed by atoms with E-state index in [9.17, 15) is 0 Å². The molecule has 2 aromatic rings. The number of thiophene rings is 1. The van der Waals surface area contributed by atoms with E-state index in [1.807, 2.05) is 0 Å². The molecule has 3 nitrogen and oxygen atoms in total. The molecular weight excluding hydrogens is 292 g/mol. The molecule has 0 aromatic carbocycles. The van der Waals surface area contributed by atoms with Crippen molar-refractivity contribution in [2.24, 2.45) is 5.41 Å². The van der Waals surface area contributed by atoms with E-state index in [4.69, 9.17) is 16.3 Å². The van der Waals surface area contributed by atoms with Gasteiger partial charge in [0.15, 0.2) is 0 Å². The van der Waals surface area contributed by atoms with Crippen molar-refractivity contribution < 1.29 is 4.74 Å². The van der Waals surface area contributed by atoms with Crippen LogP contribution in [0.1, 0.15) is 44.4 Å². The van der Waals surface area contributed by atoms with Crippen LogP contribution in [0.4, 0.5) is 0 Å². The Morgan fingerprint density at radius 1 is 1.30 bits per heavy atom. The Balaban J connectivity index is 1.84. The van der Waals surface area contributed by atoms with Crippen molar-refractivity contribution in [1.29, 1.82) is 0 Å². The van der Waals surface area contributed by atoms with E-state index in [-0.39, 0.29) is 11.4 Å². The van der Waals surface area contributed by atoms with E-state index in [1.54, 1.807) is 11.3 Å². The summed E-state index contributed by atoms with van der Waals surface area (Å²) in [5, 5.41) is 1.26. The van der Waals surface area contributed by atoms with Gasteiger partial charge in [-0.3, -0.25) is 0 Å². The highest BCUT2D eigenvalue weighted by Gasteiger charge is 2.28. The number of halogens is 1. The van der Waals surface area contributed by atoms with Gasteiger partial charge in [0.1, 0.15) is 10.9 Å². The Morgan fingerprint density at radius 2 is 2.00 bits per heavy atom. The molecule has 0 amide bonds. The van der Waals surface area contributed by atoms with Crippen molar-refractivity contribution in [1.82, 2.24) is 9.97 Å². The van der Waals surface area contributed by atoms with Gasteiger partial charge in [-0.15, -0.1) is 11.3 Å². The highest BCUT2D eigenvalue weighted by Crippen LogP contribution is 2.38. The summed E-state index contributed by atoms with van der Waals surface area (Å²) < 4.78 is 6.13. The lowest BCUT2D eigenvalue weighted by atomic mass is 9.76. The van der Waals surface area contributed by atoms with Crippen molar-refractivity contribution in [2.75, 3.05) is 0 Å². The van der Waals surface area contributed by atoms with Crippen LogP contribution >= 0.6 is 22.9 Å². The normalized spacial score (nSPS) is 19.4. The summed E-state index contributed by atoms with van der Waals surface area (Å²) in [4.78, 5) is 10.7. The molecule has 1 aliphatic rings. The molecule has 0 bridgehead atoms. The summed E-state index contributed by atoms with van der Waals surface area (Å²) in [6.45, 7) is 6.71. The third-order valence-corrected chi connectivity index (χ3v) is 5.13. The number of aryl methyl sites for hydroxylation is 1. The molecule has 0 unspecified atom stereocenters. The van der Waals surface area contributed by atoms with Gasteiger partial charge in [-0.25, -0.2) is 4.98 Å². The molecule has 5 heteroatoms. The van der Waals surface area contributed by atoms with Crippen LogP contribution in [0.3, 0.4) is 0 Å². The topological polar surface area (TPSA) is 35.0 Å². The molecular formula is C15H19ClN2OS. The molecule has 0 N–H and O–H groups in total. The minimum Gasteiger partial charge on any atom is -0.474 e. The summed E-state index contributed by atoms with van der Waals surface area (Å²) >= 11 is 7.63. The SMILES string of the molecule is Cc1cc2c(OC3CCC(C)(C)CC3)nc(Cl)nc2s1. The number of hydrogen-bond donors (Lipinski definition) is 0. The molecule has 0 spiro atoms. The largest absolute Gasteiger partial charge is 0.474 e. The fourth-order valence-electron chi connectivity index (χ4n) is 2.73. The third-order valence-electron chi connectivity index (χ3n) is 4.02. The van der Waals surface area contributed by atoms with Crippen molar-refractivity contribution in [3.05, 3.63) is 16.2 Å². The Hall–Kier alpha value is -0.870. The maximum Gasteiger partial charge on any atom is 0.227 e. The van der Waals surface area contributed by atoms with Crippen LogP contribution in [0.15, 0.2) is 6.07 Å². The summed E-state index contributed by atoms with van der Waals surface area (Å²) in [6.07, 6.45) is 4.81. The van der Waals surface area contributed by atoms with Gasteiger partial charge >= 0.3 is 0 Å². The molecule has 108 valence electrons. The Labute approximate surface area is 128 Å². The third kappa shape index (κ3) is 2.91. The van der Waals surface area contributed by atoms with Gasteiger partial charge in [0, 0.05) is 4.88 Å². The highest BCUT2D eigenvalue weighted by atomic mass is 35.5. The van der Waals surface area contributed by atoms with Gasteiger partial charge in [0.25, 0.3) is 0 Å². The monoisotopic (exact) mass is 310 g/mol. The molecule has 0 aliphatic heterocycles. The number of nitrogens with zero attached hydrogens (tertiary/aromatic N) is 2. The van der Waals surface area contributed by atoms with Gasteiger partial charge in [0.05, 0.1) is 5.39 Å².